The van der Waals surface area contributed by atoms with Gasteiger partial charge in [0.1, 0.15) is 21.6 Å². The van der Waals surface area contributed by atoms with Crippen molar-refractivity contribution in [3.8, 4) is 0 Å². The van der Waals surface area contributed by atoms with E-state index in [1.54, 1.807) is 11.9 Å². The van der Waals surface area contributed by atoms with Gasteiger partial charge in [-0.2, -0.15) is 4.39 Å². The summed E-state index contributed by atoms with van der Waals surface area (Å²) in [6.45, 7) is 1.73. The van der Waals surface area contributed by atoms with Gasteiger partial charge >= 0.3 is 0 Å². The van der Waals surface area contributed by atoms with Crippen LogP contribution >= 0.6 is 23.5 Å². The summed E-state index contributed by atoms with van der Waals surface area (Å²) in [6.07, 6.45) is 2.03. The highest BCUT2D eigenvalue weighted by molar-refractivity contribution is 8.00. The van der Waals surface area contributed by atoms with E-state index in [0.717, 1.165) is 19.4 Å². The molecule has 1 N–H and O–H groups in total. The summed E-state index contributed by atoms with van der Waals surface area (Å²) in [5.41, 5.74) is 0.307. The largest absolute Gasteiger partial charge is 0.373 e. The van der Waals surface area contributed by atoms with Gasteiger partial charge in [-0.3, -0.25) is 0 Å². The number of aromatic nitrogens is 1. The van der Waals surface area contributed by atoms with Crippen LogP contribution < -0.4 is 9.62 Å². The number of benzene rings is 1. The van der Waals surface area contributed by atoms with Crippen molar-refractivity contribution in [1.29, 1.82) is 0 Å². The number of hydrogen-bond donors (Lipinski definition) is 1. The number of rotatable bonds is 7. The molecule has 0 bridgehead atoms. The van der Waals surface area contributed by atoms with E-state index in [1.165, 1.54) is 24.3 Å². The fourth-order valence-corrected chi connectivity index (χ4v) is 3.92. The fourth-order valence-electron chi connectivity index (χ4n) is 2.90. The molecule has 9 heteroatoms. The van der Waals surface area contributed by atoms with Crippen molar-refractivity contribution in [2.24, 2.45) is 0 Å². The van der Waals surface area contributed by atoms with Gasteiger partial charge in [-0.25, -0.2) is 13.8 Å². The monoisotopic (exact) mass is 416 g/mol. The van der Waals surface area contributed by atoms with Crippen molar-refractivity contribution in [2.75, 3.05) is 36.8 Å². The highest BCUT2D eigenvalue weighted by atomic mass is 35.5. The first kappa shape index (κ1) is 20.1. The average Bonchev–Trinajstić information content (AvgIpc) is 2.63. The molecule has 1 aromatic heterocycles. The minimum atomic E-state index is -0.854. The molecule has 1 aromatic carbocycles. The van der Waals surface area contributed by atoms with Gasteiger partial charge in [0.15, 0.2) is 5.82 Å². The van der Waals surface area contributed by atoms with Gasteiger partial charge in [0.05, 0.1) is 5.69 Å². The molecule has 0 saturated carbocycles. The zero-order chi connectivity index (χ0) is 19.6. The Morgan fingerprint density at radius 1 is 1.37 bits per heavy atom. The number of hydrogen-bond acceptors (Lipinski definition) is 5. The lowest BCUT2D eigenvalue weighted by molar-refractivity contribution is 0.120. The minimum Gasteiger partial charge on any atom is -0.373 e. The molecule has 1 unspecified atom stereocenters. The van der Waals surface area contributed by atoms with E-state index < -0.39 is 17.6 Å². The van der Waals surface area contributed by atoms with Crippen molar-refractivity contribution in [3.63, 3.8) is 0 Å². The van der Waals surface area contributed by atoms with E-state index in [9.17, 15) is 13.2 Å². The number of nitrogens with zero attached hydrogens (tertiary/aromatic N) is 3. The Labute approximate surface area is 165 Å². The van der Waals surface area contributed by atoms with Crippen LogP contribution in [-0.4, -0.2) is 43.1 Å². The Hall–Kier alpha value is -1.64. The highest BCUT2D eigenvalue weighted by Crippen LogP contribution is 2.37. The summed E-state index contributed by atoms with van der Waals surface area (Å²) >= 11 is 6.82. The van der Waals surface area contributed by atoms with E-state index in [-0.39, 0.29) is 15.7 Å². The van der Waals surface area contributed by atoms with Gasteiger partial charge in [-0.05, 0) is 50.5 Å². The third kappa shape index (κ3) is 4.62. The molecule has 2 aromatic rings. The van der Waals surface area contributed by atoms with Crippen molar-refractivity contribution in [2.45, 2.75) is 23.8 Å². The van der Waals surface area contributed by atoms with Crippen LogP contribution in [0.2, 0.25) is 5.02 Å². The van der Waals surface area contributed by atoms with Gasteiger partial charge in [0.2, 0.25) is 5.95 Å². The lowest BCUT2D eigenvalue weighted by Crippen LogP contribution is -2.46. The molecule has 2 heterocycles. The first-order valence-corrected chi connectivity index (χ1v) is 9.70. The number of anilines is 2. The topological polar surface area (TPSA) is 31.4 Å². The van der Waals surface area contributed by atoms with Crippen LogP contribution in [0.4, 0.5) is 24.7 Å². The molecule has 0 amide bonds. The normalized spacial score (nSPS) is 16.9. The van der Waals surface area contributed by atoms with Crippen LogP contribution in [0.3, 0.4) is 0 Å². The molecular formula is C18H20ClF3N4S. The smallest absolute Gasteiger partial charge is 0.214 e. The average molecular weight is 417 g/mol. The summed E-state index contributed by atoms with van der Waals surface area (Å²) in [4.78, 5) is 7.31. The summed E-state index contributed by atoms with van der Waals surface area (Å²) in [6, 6.07) is 5.84. The molecule has 1 aliphatic heterocycles. The Morgan fingerprint density at radius 3 is 2.78 bits per heavy atom. The summed E-state index contributed by atoms with van der Waals surface area (Å²) in [7, 11) is 3.83. The molecule has 1 atom stereocenters. The molecule has 0 aliphatic carbocycles. The predicted molar refractivity (Wildman–Crippen MR) is 104 cm³/mol. The highest BCUT2D eigenvalue weighted by Gasteiger charge is 2.25. The molecule has 0 spiro atoms. The molecule has 4 nitrogen and oxygen atoms in total. The van der Waals surface area contributed by atoms with Crippen LogP contribution in [0.5, 0.6) is 0 Å². The quantitative estimate of drug-likeness (QED) is 0.398. The van der Waals surface area contributed by atoms with Crippen LogP contribution in [0, 0.1) is 17.6 Å². The van der Waals surface area contributed by atoms with Crippen molar-refractivity contribution in [1.82, 2.24) is 9.88 Å². The molecule has 0 radical (unpaired) electrons. The van der Waals surface area contributed by atoms with Crippen LogP contribution in [-0.2, 0) is 0 Å². The van der Waals surface area contributed by atoms with E-state index in [0.29, 0.717) is 30.2 Å². The zero-order valence-corrected chi connectivity index (χ0v) is 16.5. The Bertz CT molecular complexity index is 823. The standard InChI is InChI=1S/C18H20ClF3N4S/c1-25-8-6-11(25)7-9-26(2)13-10-12(20)18(17(22)16(13)19)27-24-15-5-3-4-14(21)23-15/h3-5,10-11H,6-9H2,1-2H3,(H,23,24). The van der Waals surface area contributed by atoms with E-state index >= 15 is 0 Å². The second-order valence-corrected chi connectivity index (χ2v) is 7.71. The molecular weight excluding hydrogens is 397 g/mol. The second-order valence-electron chi connectivity index (χ2n) is 6.52. The first-order chi connectivity index (χ1) is 12.9. The molecule has 146 valence electrons. The SMILES string of the molecule is CN(CCC1CCN1C)c1cc(F)c(SNc2cccc(F)n2)c(F)c1Cl. The Kier molecular flexibility index (Phi) is 6.39. The maximum Gasteiger partial charge on any atom is 0.214 e. The van der Waals surface area contributed by atoms with E-state index in [4.69, 9.17) is 11.6 Å². The number of nitrogens with one attached hydrogen (secondary N) is 1. The van der Waals surface area contributed by atoms with Gasteiger partial charge in [0.25, 0.3) is 0 Å². The Balaban J connectivity index is 1.70. The van der Waals surface area contributed by atoms with Gasteiger partial charge in [-0.1, -0.05) is 17.7 Å². The van der Waals surface area contributed by atoms with Crippen molar-refractivity contribution < 1.29 is 13.2 Å². The predicted octanol–water partition coefficient (Wildman–Crippen LogP) is 4.80. The second kappa shape index (κ2) is 8.58. The number of likely N-dealkylation sites (tertiary alicyclic amines) is 1. The maximum absolute atomic E-state index is 14.6. The first-order valence-electron chi connectivity index (χ1n) is 8.51. The van der Waals surface area contributed by atoms with E-state index in [1.807, 2.05) is 0 Å². The summed E-state index contributed by atoms with van der Waals surface area (Å²) < 4.78 is 44.9. The maximum atomic E-state index is 14.6. The zero-order valence-electron chi connectivity index (χ0n) is 15.0. The number of pyridine rings is 1. The van der Waals surface area contributed by atoms with Gasteiger partial charge < -0.3 is 14.5 Å². The molecule has 1 saturated heterocycles. The third-order valence-corrected chi connectivity index (χ3v) is 5.97. The minimum absolute atomic E-state index is 0.141. The van der Waals surface area contributed by atoms with Gasteiger partial charge in [-0.15, -0.1) is 0 Å². The molecule has 1 fully saturated rings. The van der Waals surface area contributed by atoms with Crippen LogP contribution in [0.15, 0.2) is 29.2 Å². The van der Waals surface area contributed by atoms with Gasteiger partial charge in [0, 0.05) is 25.7 Å². The fraction of sp³-hybridized carbons (Fsp3) is 0.389. The molecule has 1 aliphatic rings. The third-order valence-electron chi connectivity index (χ3n) is 4.72. The summed E-state index contributed by atoms with van der Waals surface area (Å²) in [5.74, 6) is -2.13. The molecule has 27 heavy (non-hydrogen) atoms. The van der Waals surface area contributed by atoms with Crippen molar-refractivity contribution in [3.05, 3.63) is 46.9 Å². The van der Waals surface area contributed by atoms with Crippen molar-refractivity contribution >= 4 is 35.1 Å². The van der Waals surface area contributed by atoms with Crippen LogP contribution in [0.25, 0.3) is 0 Å². The number of halogens is 4. The van der Waals surface area contributed by atoms with Crippen LogP contribution in [0.1, 0.15) is 12.8 Å². The van der Waals surface area contributed by atoms with E-state index in [2.05, 4.69) is 21.7 Å². The molecule has 3 rings (SSSR count). The lowest BCUT2D eigenvalue weighted by Gasteiger charge is -2.39. The Morgan fingerprint density at radius 2 is 2.15 bits per heavy atom. The lowest BCUT2D eigenvalue weighted by atomic mass is 10.0. The summed E-state index contributed by atoms with van der Waals surface area (Å²) in [5, 5.41) is -0.141.